The van der Waals surface area contributed by atoms with E-state index in [1.807, 2.05) is 17.0 Å². The van der Waals surface area contributed by atoms with Crippen LogP contribution >= 0.6 is 11.3 Å². The summed E-state index contributed by atoms with van der Waals surface area (Å²) >= 11 is 1.40. The normalized spacial score (nSPS) is 19.6. The number of aliphatic hydroxyl groups excluding tert-OH is 1. The fourth-order valence-electron chi connectivity index (χ4n) is 2.53. The van der Waals surface area contributed by atoms with E-state index in [1.54, 1.807) is 0 Å². The summed E-state index contributed by atoms with van der Waals surface area (Å²) in [5.74, 6) is 5.56. The zero-order valence-electron chi connectivity index (χ0n) is 11.3. The quantitative estimate of drug-likeness (QED) is 0.827. The summed E-state index contributed by atoms with van der Waals surface area (Å²) in [6.07, 6.45) is 2.65. The zero-order chi connectivity index (χ0) is 13.9. The molecule has 5 heteroatoms. The molecule has 0 unspecified atom stereocenters. The number of amides is 1. The van der Waals surface area contributed by atoms with E-state index in [-0.39, 0.29) is 12.5 Å². The number of carbonyl (C=O) groups excluding carboxylic acids is 1. The van der Waals surface area contributed by atoms with E-state index in [0.29, 0.717) is 0 Å². The van der Waals surface area contributed by atoms with Crippen molar-refractivity contribution in [3.63, 3.8) is 0 Å². The van der Waals surface area contributed by atoms with Gasteiger partial charge in [0.2, 0.25) is 0 Å². The predicted octanol–water partition coefficient (Wildman–Crippen LogP) is 1.01. The smallest absolute Gasteiger partial charge is 0.264 e. The number of nitrogens with zero attached hydrogens (tertiary/aromatic N) is 2. The molecule has 1 aliphatic carbocycles. The van der Waals surface area contributed by atoms with Crippen LogP contribution in [0.4, 0.5) is 0 Å². The minimum atomic E-state index is -0.149. The van der Waals surface area contributed by atoms with Gasteiger partial charge in [0.15, 0.2) is 0 Å². The van der Waals surface area contributed by atoms with Crippen LogP contribution in [0.5, 0.6) is 0 Å². The summed E-state index contributed by atoms with van der Waals surface area (Å²) in [6, 6.07) is 4.47. The molecule has 1 N–H and O–H groups in total. The molecule has 4 nitrogen and oxygen atoms in total. The third kappa shape index (κ3) is 3.04. The second-order valence-electron chi connectivity index (χ2n) is 5.18. The first-order valence-corrected chi connectivity index (χ1v) is 7.82. The largest absolute Gasteiger partial charge is 0.384 e. The summed E-state index contributed by atoms with van der Waals surface area (Å²) in [6.45, 7) is 3.50. The molecule has 0 radical (unpaired) electrons. The highest BCUT2D eigenvalue weighted by atomic mass is 32.1. The van der Waals surface area contributed by atoms with Gasteiger partial charge in [-0.3, -0.25) is 9.69 Å². The van der Waals surface area contributed by atoms with Gasteiger partial charge in [0.25, 0.3) is 5.91 Å². The van der Waals surface area contributed by atoms with Gasteiger partial charge in [-0.25, -0.2) is 0 Å². The second kappa shape index (κ2) is 5.96. The molecule has 2 heterocycles. The number of thiophene rings is 1. The van der Waals surface area contributed by atoms with Gasteiger partial charge in [0, 0.05) is 32.2 Å². The van der Waals surface area contributed by atoms with Crippen LogP contribution in [0.3, 0.4) is 0 Å². The number of aliphatic hydroxyl groups is 1. The summed E-state index contributed by atoms with van der Waals surface area (Å²) in [5, 5.41) is 8.67. The molecule has 0 aromatic carbocycles. The van der Waals surface area contributed by atoms with Crippen molar-refractivity contribution in [3.8, 4) is 11.8 Å². The maximum atomic E-state index is 12.4. The molecule has 1 aromatic rings. The Labute approximate surface area is 123 Å². The summed E-state index contributed by atoms with van der Waals surface area (Å²) in [5.41, 5.74) is 0. The number of carbonyl (C=O) groups is 1. The lowest BCUT2D eigenvalue weighted by Gasteiger charge is -2.34. The van der Waals surface area contributed by atoms with Gasteiger partial charge >= 0.3 is 0 Å². The molecule has 1 saturated carbocycles. The summed E-state index contributed by atoms with van der Waals surface area (Å²) in [4.78, 5) is 18.4. The van der Waals surface area contributed by atoms with E-state index in [0.717, 1.165) is 42.0 Å². The van der Waals surface area contributed by atoms with E-state index < -0.39 is 0 Å². The van der Waals surface area contributed by atoms with Gasteiger partial charge in [0.1, 0.15) is 6.61 Å². The average Bonchev–Trinajstić information content (AvgIpc) is 3.23. The van der Waals surface area contributed by atoms with Crippen molar-refractivity contribution >= 4 is 17.2 Å². The lowest BCUT2D eigenvalue weighted by molar-refractivity contribution is 0.0632. The lowest BCUT2D eigenvalue weighted by atomic mass is 10.3. The van der Waals surface area contributed by atoms with Crippen LogP contribution in [-0.4, -0.2) is 59.6 Å². The van der Waals surface area contributed by atoms with E-state index in [2.05, 4.69) is 16.7 Å². The van der Waals surface area contributed by atoms with Crippen LogP contribution in [-0.2, 0) is 0 Å². The maximum Gasteiger partial charge on any atom is 0.264 e. The highest BCUT2D eigenvalue weighted by molar-refractivity contribution is 7.14. The maximum absolute atomic E-state index is 12.4. The highest BCUT2D eigenvalue weighted by Gasteiger charge is 2.32. The molecule has 1 amide bonds. The summed E-state index contributed by atoms with van der Waals surface area (Å²) < 4.78 is 0. The van der Waals surface area contributed by atoms with E-state index >= 15 is 0 Å². The minimum absolute atomic E-state index is 0.113. The molecule has 3 rings (SSSR count). The Morgan fingerprint density at radius 1 is 1.30 bits per heavy atom. The number of hydrogen-bond acceptors (Lipinski definition) is 4. The SMILES string of the molecule is O=C(c1ccc(C#CCO)s1)N1CCN(C2CC2)CC1. The third-order valence-electron chi connectivity index (χ3n) is 3.77. The standard InChI is InChI=1S/C15H18N2O2S/c18-11-1-2-13-5-6-14(20-13)15(19)17-9-7-16(8-10-17)12-3-4-12/h5-6,12,18H,3-4,7-11H2. The Kier molecular flexibility index (Phi) is 4.06. The molecule has 0 atom stereocenters. The van der Waals surface area contributed by atoms with Crippen molar-refractivity contribution in [2.24, 2.45) is 0 Å². The van der Waals surface area contributed by atoms with Gasteiger partial charge in [-0.2, -0.15) is 0 Å². The van der Waals surface area contributed by atoms with Crippen molar-refractivity contribution in [3.05, 3.63) is 21.9 Å². The van der Waals surface area contributed by atoms with Crippen LogP contribution in [0.15, 0.2) is 12.1 Å². The Morgan fingerprint density at radius 3 is 2.70 bits per heavy atom. The van der Waals surface area contributed by atoms with Crippen LogP contribution in [0.2, 0.25) is 0 Å². The van der Waals surface area contributed by atoms with Crippen molar-refractivity contribution in [1.29, 1.82) is 0 Å². The van der Waals surface area contributed by atoms with Gasteiger partial charge < -0.3 is 10.0 Å². The zero-order valence-corrected chi connectivity index (χ0v) is 12.2. The van der Waals surface area contributed by atoms with Crippen molar-refractivity contribution in [1.82, 2.24) is 9.80 Å². The Balaban J connectivity index is 1.59. The Morgan fingerprint density at radius 2 is 2.05 bits per heavy atom. The van der Waals surface area contributed by atoms with Crippen molar-refractivity contribution < 1.29 is 9.90 Å². The molecule has 1 aromatic heterocycles. The first-order valence-electron chi connectivity index (χ1n) is 7.01. The van der Waals surface area contributed by atoms with Crippen LogP contribution < -0.4 is 0 Å². The molecule has 1 saturated heterocycles. The van der Waals surface area contributed by atoms with Crippen molar-refractivity contribution in [2.45, 2.75) is 18.9 Å². The monoisotopic (exact) mass is 290 g/mol. The topological polar surface area (TPSA) is 43.8 Å². The molecule has 0 bridgehead atoms. The Hall–Kier alpha value is -1.35. The van der Waals surface area contributed by atoms with Crippen LogP contribution in [0, 0.1) is 11.8 Å². The van der Waals surface area contributed by atoms with E-state index in [9.17, 15) is 4.79 Å². The third-order valence-corrected chi connectivity index (χ3v) is 4.76. The van der Waals surface area contributed by atoms with E-state index in [1.165, 1.54) is 24.2 Å². The average molecular weight is 290 g/mol. The summed E-state index contributed by atoms with van der Waals surface area (Å²) in [7, 11) is 0. The highest BCUT2D eigenvalue weighted by Crippen LogP contribution is 2.28. The molecular weight excluding hydrogens is 272 g/mol. The second-order valence-corrected chi connectivity index (χ2v) is 6.27. The van der Waals surface area contributed by atoms with Gasteiger partial charge in [-0.1, -0.05) is 11.8 Å². The molecule has 2 aliphatic rings. The first-order chi connectivity index (χ1) is 9.78. The van der Waals surface area contributed by atoms with E-state index in [4.69, 9.17) is 5.11 Å². The lowest BCUT2D eigenvalue weighted by Crippen LogP contribution is -2.49. The predicted molar refractivity (Wildman–Crippen MR) is 78.8 cm³/mol. The fraction of sp³-hybridized carbons (Fsp3) is 0.533. The molecule has 2 fully saturated rings. The van der Waals surface area contributed by atoms with Gasteiger partial charge in [-0.15, -0.1) is 11.3 Å². The van der Waals surface area contributed by atoms with Crippen LogP contribution in [0.25, 0.3) is 0 Å². The molecule has 0 spiro atoms. The Bertz CT molecular complexity index is 546. The fourth-order valence-corrected chi connectivity index (χ4v) is 3.38. The number of rotatable bonds is 2. The molecule has 20 heavy (non-hydrogen) atoms. The molecule has 1 aliphatic heterocycles. The first kappa shape index (κ1) is 13.6. The van der Waals surface area contributed by atoms with Gasteiger partial charge in [-0.05, 0) is 25.0 Å². The number of piperazine rings is 1. The number of hydrogen-bond donors (Lipinski definition) is 1. The van der Waals surface area contributed by atoms with Crippen molar-refractivity contribution in [2.75, 3.05) is 32.8 Å². The van der Waals surface area contributed by atoms with Gasteiger partial charge in [0.05, 0.1) is 9.75 Å². The molecular formula is C15H18N2O2S. The minimum Gasteiger partial charge on any atom is -0.384 e. The molecule has 106 valence electrons. The van der Waals surface area contributed by atoms with Crippen LogP contribution in [0.1, 0.15) is 27.4 Å².